The molecule has 10 nitrogen and oxygen atoms in total. The van der Waals surface area contributed by atoms with Crippen LogP contribution in [0.2, 0.25) is 0 Å². The van der Waals surface area contributed by atoms with Gasteiger partial charge >= 0.3 is 24.3 Å². The number of alkyl halides is 6. The van der Waals surface area contributed by atoms with Crippen molar-refractivity contribution in [2.24, 2.45) is 5.41 Å². The van der Waals surface area contributed by atoms with Gasteiger partial charge < -0.3 is 14.9 Å². The lowest BCUT2D eigenvalue weighted by atomic mass is 9.79. The molecule has 0 amide bonds. The first-order valence-electron chi connectivity index (χ1n) is 12.2. The van der Waals surface area contributed by atoms with Crippen LogP contribution in [0.15, 0.2) is 24.5 Å². The van der Waals surface area contributed by atoms with Gasteiger partial charge in [0, 0.05) is 50.5 Å². The second kappa shape index (κ2) is 15.5. The van der Waals surface area contributed by atoms with E-state index < -0.39 is 34.3 Å². The van der Waals surface area contributed by atoms with Crippen LogP contribution in [-0.2, 0) is 30.9 Å². The molecule has 2 fully saturated rings. The molecule has 0 unspecified atom stereocenters. The molecule has 0 bridgehead atoms. The molecule has 230 valence electrons. The van der Waals surface area contributed by atoms with Crippen molar-refractivity contribution in [2.45, 2.75) is 51.5 Å². The highest BCUT2D eigenvalue weighted by molar-refractivity contribution is 7.89. The molecule has 2 aliphatic rings. The first-order chi connectivity index (χ1) is 18.4. The second-order valence-electron chi connectivity index (χ2n) is 9.30. The highest BCUT2D eigenvalue weighted by Gasteiger charge is 2.41. The number of unbranched alkanes of at least 4 members (excludes halogenated alkanes) is 1. The molecular formula is C23H33F6N3O7S. The van der Waals surface area contributed by atoms with Crippen LogP contribution < -0.4 is 0 Å². The Morgan fingerprint density at radius 1 is 1.05 bits per heavy atom. The van der Waals surface area contributed by atoms with Gasteiger partial charge in [0.1, 0.15) is 0 Å². The lowest BCUT2D eigenvalue weighted by Crippen LogP contribution is -2.49. The van der Waals surface area contributed by atoms with Gasteiger partial charge in [-0.05, 0) is 30.9 Å². The molecule has 0 aliphatic carbocycles. The van der Waals surface area contributed by atoms with Crippen LogP contribution in [0.4, 0.5) is 26.3 Å². The number of pyridine rings is 1. The highest BCUT2D eigenvalue weighted by atomic mass is 32.2. The lowest BCUT2D eigenvalue weighted by Gasteiger charge is -2.42. The Bertz CT molecular complexity index is 1010. The second-order valence-corrected chi connectivity index (χ2v) is 11.4. The summed E-state index contributed by atoms with van der Waals surface area (Å²) in [5, 5.41) is 14.2. The van der Waals surface area contributed by atoms with Crippen molar-refractivity contribution in [3.8, 4) is 0 Å². The van der Waals surface area contributed by atoms with Crippen molar-refractivity contribution in [2.75, 3.05) is 45.1 Å². The minimum absolute atomic E-state index is 0.0650. The first-order valence-corrected chi connectivity index (χ1v) is 13.8. The number of aliphatic carboxylic acids is 2. The third kappa shape index (κ3) is 12.8. The summed E-state index contributed by atoms with van der Waals surface area (Å²) in [6, 6.07) is 4.08. The number of rotatable bonds is 6. The van der Waals surface area contributed by atoms with E-state index in [-0.39, 0.29) is 11.2 Å². The summed E-state index contributed by atoms with van der Waals surface area (Å²) >= 11 is 0. The molecule has 2 aliphatic heterocycles. The van der Waals surface area contributed by atoms with E-state index in [2.05, 4.69) is 16.0 Å². The van der Waals surface area contributed by atoms with Gasteiger partial charge in [0.05, 0.1) is 19.0 Å². The number of nitrogens with zero attached hydrogens (tertiary/aromatic N) is 3. The third-order valence-corrected chi connectivity index (χ3v) is 8.02. The molecule has 0 saturated carbocycles. The zero-order valence-corrected chi connectivity index (χ0v) is 22.6. The topological polar surface area (TPSA) is 137 Å². The molecule has 40 heavy (non-hydrogen) atoms. The molecule has 1 aromatic heterocycles. The normalized spacial score (nSPS) is 18.5. The maximum atomic E-state index is 12.5. The molecule has 2 saturated heterocycles. The highest BCUT2D eigenvalue weighted by Crippen LogP contribution is 2.35. The molecule has 1 aromatic rings. The summed E-state index contributed by atoms with van der Waals surface area (Å²) < 4.78 is 96.0. The Balaban J connectivity index is 0.000000473. The maximum Gasteiger partial charge on any atom is 0.490 e. The number of aromatic nitrogens is 1. The molecule has 0 atom stereocenters. The van der Waals surface area contributed by atoms with Crippen molar-refractivity contribution < 1.29 is 59.3 Å². The minimum atomic E-state index is -5.08. The zero-order valence-electron chi connectivity index (χ0n) is 21.7. The largest absolute Gasteiger partial charge is 0.490 e. The Hall–Kier alpha value is -2.50. The smallest absolute Gasteiger partial charge is 0.475 e. The Morgan fingerprint density at radius 2 is 1.60 bits per heavy atom. The van der Waals surface area contributed by atoms with Gasteiger partial charge in [-0.3, -0.25) is 9.88 Å². The number of ether oxygens (including phenoxy) is 1. The maximum absolute atomic E-state index is 12.5. The minimum Gasteiger partial charge on any atom is -0.475 e. The number of halogens is 6. The van der Waals surface area contributed by atoms with Crippen LogP contribution in [0.3, 0.4) is 0 Å². The monoisotopic (exact) mass is 609 g/mol. The van der Waals surface area contributed by atoms with E-state index in [1.807, 2.05) is 19.2 Å². The number of carboxylic acids is 2. The molecule has 0 aromatic carbocycles. The number of piperidine rings is 1. The molecule has 3 heterocycles. The molecule has 17 heteroatoms. The van der Waals surface area contributed by atoms with Gasteiger partial charge in [0.2, 0.25) is 10.0 Å². The standard InChI is InChI=1S/C19H31N3O3S.2C2HF3O2/c1-2-3-13-26(23,24)22-9-6-19(7-10-22)16-21(11-12-25-17-19)15-18-5-4-8-20-14-18;2*3-2(4,5)1(6)7/h4-5,8,14H,2-3,6-7,9-13,15-17H2,1H3;2*(H,6,7). The Morgan fingerprint density at radius 3 is 2.05 bits per heavy atom. The molecule has 3 rings (SSSR count). The van der Waals surface area contributed by atoms with Crippen LogP contribution in [0, 0.1) is 5.41 Å². The molecule has 0 radical (unpaired) electrons. The van der Waals surface area contributed by atoms with E-state index >= 15 is 0 Å². The third-order valence-electron chi connectivity index (χ3n) is 6.07. The van der Waals surface area contributed by atoms with Crippen LogP contribution in [0.1, 0.15) is 38.2 Å². The fourth-order valence-electron chi connectivity index (χ4n) is 3.96. The quantitative estimate of drug-likeness (QED) is 0.465. The average molecular weight is 610 g/mol. The van der Waals surface area contributed by atoms with Crippen LogP contribution in [0.25, 0.3) is 0 Å². The summed E-state index contributed by atoms with van der Waals surface area (Å²) in [6.45, 7) is 7.49. The van der Waals surface area contributed by atoms with Crippen molar-refractivity contribution in [1.82, 2.24) is 14.2 Å². The summed E-state index contributed by atoms with van der Waals surface area (Å²) in [7, 11) is -3.10. The number of hydrogen-bond acceptors (Lipinski definition) is 7. The zero-order chi connectivity index (χ0) is 30.6. The van der Waals surface area contributed by atoms with E-state index in [0.717, 1.165) is 58.5 Å². The fourth-order valence-corrected chi connectivity index (χ4v) is 5.61. The molecule has 1 spiro atoms. The van der Waals surface area contributed by atoms with E-state index in [0.29, 0.717) is 13.1 Å². The fraction of sp³-hybridized carbons (Fsp3) is 0.696. The predicted molar refractivity (Wildman–Crippen MR) is 130 cm³/mol. The lowest BCUT2D eigenvalue weighted by molar-refractivity contribution is -0.193. The summed E-state index contributed by atoms with van der Waals surface area (Å²) in [6.07, 6.45) is -3.05. The Kier molecular flexibility index (Phi) is 13.8. The summed E-state index contributed by atoms with van der Waals surface area (Å²) in [5.74, 6) is -5.24. The SMILES string of the molecule is CCCCS(=O)(=O)N1CCC2(CC1)COCCN(Cc1cccnc1)C2.O=C(O)C(F)(F)F.O=C(O)C(F)(F)F. The molecular weight excluding hydrogens is 576 g/mol. The summed E-state index contributed by atoms with van der Waals surface area (Å²) in [4.78, 5) is 24.4. The van der Waals surface area contributed by atoms with E-state index in [9.17, 15) is 34.8 Å². The van der Waals surface area contributed by atoms with Gasteiger partial charge in [-0.15, -0.1) is 0 Å². The van der Waals surface area contributed by atoms with Crippen LogP contribution in [0.5, 0.6) is 0 Å². The first kappa shape index (κ1) is 35.5. The summed E-state index contributed by atoms with van der Waals surface area (Å²) in [5.41, 5.74) is 1.28. The van der Waals surface area contributed by atoms with E-state index in [1.165, 1.54) is 5.56 Å². The van der Waals surface area contributed by atoms with Gasteiger partial charge in [-0.25, -0.2) is 22.3 Å². The van der Waals surface area contributed by atoms with Gasteiger partial charge in [-0.2, -0.15) is 26.3 Å². The predicted octanol–water partition coefficient (Wildman–Crippen LogP) is 3.39. The van der Waals surface area contributed by atoms with Gasteiger partial charge in [-0.1, -0.05) is 19.4 Å². The van der Waals surface area contributed by atoms with Crippen molar-refractivity contribution in [3.05, 3.63) is 30.1 Å². The van der Waals surface area contributed by atoms with E-state index in [4.69, 9.17) is 24.5 Å². The van der Waals surface area contributed by atoms with Crippen molar-refractivity contribution in [3.63, 3.8) is 0 Å². The van der Waals surface area contributed by atoms with Gasteiger partial charge in [0.25, 0.3) is 0 Å². The molecule has 2 N–H and O–H groups in total. The number of carboxylic acid groups (broad SMARTS) is 2. The number of sulfonamides is 1. The Labute approximate surface area is 228 Å². The van der Waals surface area contributed by atoms with Crippen molar-refractivity contribution >= 4 is 22.0 Å². The van der Waals surface area contributed by atoms with Crippen LogP contribution >= 0.6 is 0 Å². The number of hydrogen-bond donors (Lipinski definition) is 2. The average Bonchev–Trinajstić information content (AvgIpc) is 3.05. The van der Waals surface area contributed by atoms with Crippen LogP contribution in [-0.4, -0.2) is 102 Å². The van der Waals surface area contributed by atoms with E-state index in [1.54, 1.807) is 10.5 Å². The van der Waals surface area contributed by atoms with Crippen molar-refractivity contribution in [1.29, 1.82) is 0 Å². The number of carbonyl (C=O) groups is 2. The van der Waals surface area contributed by atoms with Gasteiger partial charge in [0.15, 0.2) is 0 Å².